The van der Waals surface area contributed by atoms with Gasteiger partial charge in [-0.3, -0.25) is 10.1 Å². The summed E-state index contributed by atoms with van der Waals surface area (Å²) in [6.07, 6.45) is 0. The van der Waals surface area contributed by atoms with Crippen molar-refractivity contribution >= 4 is 23.3 Å². The van der Waals surface area contributed by atoms with Crippen molar-refractivity contribution in [3.63, 3.8) is 0 Å². The molecule has 1 aromatic carbocycles. The first kappa shape index (κ1) is 15.1. The van der Waals surface area contributed by atoms with Crippen LogP contribution in [0.5, 0.6) is 5.75 Å². The van der Waals surface area contributed by atoms with E-state index in [1.807, 2.05) is 0 Å². The fraction of sp³-hybridized carbons (Fsp3) is 0.300. The molecule has 19 heavy (non-hydrogen) atoms. The molecule has 6 nitrogen and oxygen atoms in total. The Balaban J connectivity index is 3.47. The van der Waals surface area contributed by atoms with Gasteiger partial charge in [-0.15, -0.1) is 11.6 Å². The molecule has 9 heteroatoms. The molecule has 0 saturated heterocycles. The van der Waals surface area contributed by atoms with Crippen LogP contribution in [0.25, 0.3) is 0 Å². The number of nitrogens with zero attached hydrogens (tertiary/aromatic N) is 1. The molecular weight excluding hydrogens is 288 g/mol. The zero-order valence-electron chi connectivity index (χ0n) is 9.56. The molecule has 0 spiro atoms. The van der Waals surface area contributed by atoms with Crippen molar-refractivity contribution in [1.82, 2.24) is 0 Å². The predicted molar refractivity (Wildman–Crippen MR) is 60.6 cm³/mol. The van der Waals surface area contributed by atoms with E-state index in [0.29, 0.717) is 0 Å². The summed E-state index contributed by atoms with van der Waals surface area (Å²) in [4.78, 5) is 21.3. The highest BCUT2D eigenvalue weighted by atomic mass is 35.5. The third-order valence-corrected chi connectivity index (χ3v) is 2.41. The number of rotatable bonds is 5. The van der Waals surface area contributed by atoms with Crippen molar-refractivity contribution in [3.8, 4) is 5.75 Å². The molecule has 0 bridgehead atoms. The second kappa shape index (κ2) is 6.28. The van der Waals surface area contributed by atoms with Gasteiger partial charge in [-0.25, -0.2) is 4.79 Å². The largest absolute Gasteiger partial charge is 0.465 e. The lowest BCUT2D eigenvalue weighted by Gasteiger charge is -2.12. The average Bonchev–Trinajstić information content (AvgIpc) is 2.36. The van der Waals surface area contributed by atoms with Crippen LogP contribution in [0.2, 0.25) is 0 Å². The topological polar surface area (TPSA) is 78.7 Å². The fourth-order valence-corrected chi connectivity index (χ4v) is 1.57. The van der Waals surface area contributed by atoms with Gasteiger partial charge in [0.15, 0.2) is 0 Å². The number of esters is 1. The summed E-state index contributed by atoms with van der Waals surface area (Å²) in [6, 6.07) is 1.75. The van der Waals surface area contributed by atoms with Gasteiger partial charge in [0, 0.05) is 17.7 Å². The first-order valence-electron chi connectivity index (χ1n) is 4.81. The van der Waals surface area contributed by atoms with Crippen molar-refractivity contribution in [2.75, 3.05) is 7.11 Å². The van der Waals surface area contributed by atoms with Gasteiger partial charge in [-0.1, -0.05) is 0 Å². The second-order valence-electron chi connectivity index (χ2n) is 3.24. The zero-order chi connectivity index (χ0) is 14.6. The van der Waals surface area contributed by atoms with Crippen molar-refractivity contribution in [1.29, 1.82) is 0 Å². The van der Waals surface area contributed by atoms with Crippen molar-refractivity contribution in [3.05, 3.63) is 33.4 Å². The molecule has 0 aromatic heterocycles. The Bertz CT molecular complexity index is 509. The minimum absolute atomic E-state index is 0.100. The first-order valence-corrected chi connectivity index (χ1v) is 5.34. The molecule has 0 heterocycles. The molecule has 0 aliphatic heterocycles. The number of carbonyl (C=O) groups is 1. The molecule has 0 aliphatic rings. The van der Waals surface area contributed by atoms with Crippen LogP contribution in [0.3, 0.4) is 0 Å². The van der Waals surface area contributed by atoms with Gasteiger partial charge in [-0.05, 0) is 0 Å². The average molecular weight is 296 g/mol. The maximum atomic E-state index is 12.3. The minimum atomic E-state index is -3.20. The quantitative estimate of drug-likeness (QED) is 0.361. The number of benzene rings is 1. The maximum Gasteiger partial charge on any atom is 0.387 e. The number of halogens is 3. The highest BCUT2D eigenvalue weighted by molar-refractivity contribution is 6.17. The summed E-state index contributed by atoms with van der Waals surface area (Å²) >= 11 is 5.51. The summed E-state index contributed by atoms with van der Waals surface area (Å²) in [5.41, 5.74) is -1.05. The van der Waals surface area contributed by atoms with Crippen molar-refractivity contribution < 1.29 is 28.0 Å². The van der Waals surface area contributed by atoms with Gasteiger partial charge < -0.3 is 9.47 Å². The van der Waals surface area contributed by atoms with Gasteiger partial charge in [0.05, 0.1) is 17.9 Å². The molecule has 0 radical (unpaired) electrons. The predicted octanol–water partition coefficient (Wildman–Crippen LogP) is 2.72. The van der Waals surface area contributed by atoms with E-state index in [9.17, 15) is 23.7 Å². The molecule has 0 amide bonds. The minimum Gasteiger partial charge on any atom is -0.465 e. The molecule has 0 atom stereocenters. The smallest absolute Gasteiger partial charge is 0.387 e. The lowest BCUT2D eigenvalue weighted by atomic mass is 10.1. The normalized spacial score (nSPS) is 10.4. The molecule has 1 rings (SSSR count). The van der Waals surface area contributed by atoms with Crippen molar-refractivity contribution in [2.45, 2.75) is 12.5 Å². The Labute approximate surface area is 111 Å². The SMILES string of the molecule is COC(=O)c1cc([N+](=O)[O-])cc(CCl)c1OC(F)F. The third-order valence-electron chi connectivity index (χ3n) is 2.12. The summed E-state index contributed by atoms with van der Waals surface area (Å²) < 4.78 is 33.1. The number of carbonyl (C=O) groups excluding carboxylic acids is 1. The lowest BCUT2D eigenvalue weighted by molar-refractivity contribution is -0.385. The highest BCUT2D eigenvalue weighted by Crippen LogP contribution is 2.32. The van der Waals surface area contributed by atoms with Crippen LogP contribution in [-0.4, -0.2) is 24.6 Å². The Morgan fingerprint density at radius 3 is 2.58 bits per heavy atom. The van der Waals surface area contributed by atoms with Crippen molar-refractivity contribution in [2.24, 2.45) is 0 Å². The first-order chi connectivity index (χ1) is 8.90. The Hall–Kier alpha value is -1.96. The standard InChI is InChI=1S/C10H8ClF2NO5/c1-18-9(15)7-3-6(14(16)17)2-5(4-11)8(7)19-10(12)13/h2-3,10H,4H2,1H3. The lowest BCUT2D eigenvalue weighted by Crippen LogP contribution is -2.12. The number of hydrogen-bond donors (Lipinski definition) is 0. The summed E-state index contributed by atoms with van der Waals surface area (Å²) in [5.74, 6) is -1.90. The van der Waals surface area contributed by atoms with E-state index in [2.05, 4.69) is 9.47 Å². The number of nitro groups is 1. The molecular formula is C10H8ClF2NO5. The highest BCUT2D eigenvalue weighted by Gasteiger charge is 2.24. The molecule has 1 aromatic rings. The number of ether oxygens (including phenoxy) is 2. The molecule has 0 N–H and O–H groups in total. The third kappa shape index (κ3) is 3.50. The van der Waals surface area contributed by atoms with Gasteiger partial charge in [0.25, 0.3) is 5.69 Å². The van der Waals surface area contributed by atoms with E-state index in [-0.39, 0.29) is 11.4 Å². The van der Waals surface area contributed by atoms with Gasteiger partial charge in [0.2, 0.25) is 0 Å². The molecule has 0 unspecified atom stereocenters. The molecule has 104 valence electrons. The van der Waals surface area contributed by atoms with E-state index in [1.165, 1.54) is 0 Å². The van der Waals surface area contributed by atoms with Crippen LogP contribution in [0.4, 0.5) is 14.5 Å². The Morgan fingerprint density at radius 2 is 2.16 bits per heavy atom. The van der Waals surface area contributed by atoms with E-state index < -0.39 is 34.5 Å². The number of alkyl halides is 3. The summed E-state index contributed by atoms with van der Waals surface area (Å²) in [5, 5.41) is 10.7. The van der Waals surface area contributed by atoms with Gasteiger partial charge in [-0.2, -0.15) is 8.78 Å². The van der Waals surface area contributed by atoms with Crippen LogP contribution in [0, 0.1) is 10.1 Å². The fourth-order valence-electron chi connectivity index (χ4n) is 1.37. The van der Waals surface area contributed by atoms with Crippen LogP contribution < -0.4 is 4.74 Å². The zero-order valence-corrected chi connectivity index (χ0v) is 10.3. The number of nitro benzene ring substituents is 1. The molecule has 0 fully saturated rings. The summed E-state index contributed by atoms with van der Waals surface area (Å²) in [6.45, 7) is -3.20. The van der Waals surface area contributed by atoms with E-state index >= 15 is 0 Å². The number of hydrogen-bond acceptors (Lipinski definition) is 5. The van der Waals surface area contributed by atoms with Gasteiger partial charge in [0.1, 0.15) is 11.3 Å². The van der Waals surface area contributed by atoms with E-state index in [4.69, 9.17) is 11.6 Å². The second-order valence-corrected chi connectivity index (χ2v) is 3.51. The Morgan fingerprint density at radius 1 is 1.53 bits per heavy atom. The molecule has 0 saturated carbocycles. The van der Waals surface area contributed by atoms with Gasteiger partial charge >= 0.3 is 12.6 Å². The maximum absolute atomic E-state index is 12.3. The summed E-state index contributed by atoms with van der Waals surface area (Å²) in [7, 11) is 1.01. The number of methoxy groups -OCH3 is 1. The van der Waals surface area contributed by atoms with E-state index in [0.717, 1.165) is 19.2 Å². The van der Waals surface area contributed by atoms with Crippen LogP contribution in [0.15, 0.2) is 12.1 Å². The molecule has 0 aliphatic carbocycles. The van der Waals surface area contributed by atoms with Crippen LogP contribution >= 0.6 is 11.6 Å². The Kier molecular flexibility index (Phi) is 4.99. The monoisotopic (exact) mass is 295 g/mol. The number of non-ortho nitro benzene ring substituents is 1. The van der Waals surface area contributed by atoms with Crippen LogP contribution in [0.1, 0.15) is 15.9 Å². The van der Waals surface area contributed by atoms with E-state index in [1.54, 1.807) is 0 Å². The van der Waals surface area contributed by atoms with Crippen LogP contribution in [-0.2, 0) is 10.6 Å².